The number of rotatable bonds is 4. The number of pyridine rings is 1. The van der Waals surface area contributed by atoms with Gasteiger partial charge in [-0.1, -0.05) is 6.07 Å². The molecule has 3 nitrogen and oxygen atoms in total. The van der Waals surface area contributed by atoms with E-state index in [1.165, 1.54) is 4.88 Å². The van der Waals surface area contributed by atoms with Crippen LogP contribution in [-0.2, 0) is 13.2 Å². The molecule has 2 rings (SSSR count). The number of nitrogens with zero attached hydrogens (tertiary/aromatic N) is 2. The Labute approximate surface area is 113 Å². The number of halogens is 1. The quantitative estimate of drug-likeness (QED) is 0.942. The minimum atomic E-state index is -0.0216. The predicted octanol–water partition coefficient (Wildman–Crippen LogP) is 3.03. The fourth-order valence-corrected chi connectivity index (χ4v) is 3.02. The highest BCUT2D eigenvalue weighted by Gasteiger charge is 2.06. The van der Waals surface area contributed by atoms with E-state index < -0.39 is 0 Å². The van der Waals surface area contributed by atoms with Gasteiger partial charge in [0.1, 0.15) is 5.82 Å². The molecule has 2 aromatic heterocycles. The third kappa shape index (κ3) is 3.28. The molecule has 0 fully saturated rings. The van der Waals surface area contributed by atoms with Crippen LogP contribution < -0.4 is 4.90 Å². The second kappa shape index (κ2) is 5.62. The van der Waals surface area contributed by atoms with Gasteiger partial charge in [-0.25, -0.2) is 4.98 Å². The van der Waals surface area contributed by atoms with E-state index in [-0.39, 0.29) is 6.61 Å². The summed E-state index contributed by atoms with van der Waals surface area (Å²) in [6.45, 7) is 0.796. The van der Waals surface area contributed by atoms with E-state index in [1.54, 1.807) is 11.3 Å². The van der Waals surface area contributed by atoms with Gasteiger partial charge in [-0.15, -0.1) is 11.3 Å². The summed E-state index contributed by atoms with van der Waals surface area (Å²) in [4.78, 5) is 7.70. The van der Waals surface area contributed by atoms with Crippen LogP contribution in [0.25, 0.3) is 0 Å². The van der Waals surface area contributed by atoms with Gasteiger partial charge in [0.2, 0.25) is 0 Å². The highest BCUT2D eigenvalue weighted by atomic mass is 79.9. The Morgan fingerprint density at radius 3 is 2.94 bits per heavy atom. The SMILES string of the molecule is CN(Cc1cc(Br)cs1)c1cccc(CO)n1. The lowest BCUT2D eigenvalue weighted by molar-refractivity contribution is 0.277. The minimum Gasteiger partial charge on any atom is -0.390 e. The van der Waals surface area contributed by atoms with Crippen LogP contribution in [0.5, 0.6) is 0 Å². The molecule has 0 aliphatic carbocycles. The van der Waals surface area contributed by atoms with Crippen molar-refractivity contribution in [1.82, 2.24) is 4.98 Å². The first-order valence-electron chi connectivity index (χ1n) is 5.20. The second-order valence-electron chi connectivity index (χ2n) is 3.73. The summed E-state index contributed by atoms with van der Waals surface area (Å²) in [5, 5.41) is 11.1. The van der Waals surface area contributed by atoms with E-state index in [2.05, 4.69) is 37.3 Å². The Hall–Kier alpha value is -0.910. The van der Waals surface area contributed by atoms with Crippen molar-refractivity contribution in [3.63, 3.8) is 0 Å². The number of hydrogen-bond acceptors (Lipinski definition) is 4. The molecular weight excluding hydrogens is 300 g/mol. The van der Waals surface area contributed by atoms with E-state index in [4.69, 9.17) is 5.11 Å². The van der Waals surface area contributed by atoms with Crippen molar-refractivity contribution in [2.75, 3.05) is 11.9 Å². The molecule has 0 unspecified atom stereocenters. The van der Waals surface area contributed by atoms with Gasteiger partial charge in [0.25, 0.3) is 0 Å². The zero-order chi connectivity index (χ0) is 12.3. The van der Waals surface area contributed by atoms with Crippen molar-refractivity contribution < 1.29 is 5.11 Å². The van der Waals surface area contributed by atoms with Crippen LogP contribution in [0, 0.1) is 0 Å². The maximum absolute atomic E-state index is 9.05. The van der Waals surface area contributed by atoms with Crippen LogP contribution in [-0.4, -0.2) is 17.1 Å². The first-order valence-corrected chi connectivity index (χ1v) is 6.87. The predicted molar refractivity (Wildman–Crippen MR) is 74.3 cm³/mol. The summed E-state index contributed by atoms with van der Waals surface area (Å²) in [5.74, 6) is 0.876. The minimum absolute atomic E-state index is 0.0216. The number of hydrogen-bond donors (Lipinski definition) is 1. The molecule has 0 aliphatic heterocycles. The number of aliphatic hydroxyl groups excluding tert-OH is 1. The van der Waals surface area contributed by atoms with Crippen molar-refractivity contribution in [2.24, 2.45) is 0 Å². The van der Waals surface area contributed by atoms with Gasteiger partial charge in [0.05, 0.1) is 18.8 Å². The first kappa shape index (κ1) is 12.5. The van der Waals surface area contributed by atoms with E-state index in [1.807, 2.05) is 25.2 Å². The summed E-state index contributed by atoms with van der Waals surface area (Å²) in [6, 6.07) is 7.78. The molecule has 17 heavy (non-hydrogen) atoms. The van der Waals surface area contributed by atoms with Gasteiger partial charge in [-0.3, -0.25) is 0 Å². The third-order valence-corrected chi connectivity index (χ3v) is 4.04. The van der Waals surface area contributed by atoms with Crippen LogP contribution in [0.15, 0.2) is 34.1 Å². The maximum Gasteiger partial charge on any atom is 0.128 e. The molecular formula is C12H13BrN2OS. The van der Waals surface area contributed by atoms with E-state index in [9.17, 15) is 0 Å². The second-order valence-corrected chi connectivity index (χ2v) is 5.64. The van der Waals surface area contributed by atoms with Crippen molar-refractivity contribution in [1.29, 1.82) is 0 Å². The van der Waals surface area contributed by atoms with Gasteiger partial charge in [0.15, 0.2) is 0 Å². The lowest BCUT2D eigenvalue weighted by atomic mass is 10.3. The molecule has 0 amide bonds. The molecule has 0 saturated carbocycles. The van der Waals surface area contributed by atoms with Crippen molar-refractivity contribution in [2.45, 2.75) is 13.2 Å². The number of aliphatic hydroxyl groups is 1. The van der Waals surface area contributed by atoms with E-state index >= 15 is 0 Å². The Morgan fingerprint density at radius 1 is 1.47 bits per heavy atom. The fourth-order valence-electron chi connectivity index (χ4n) is 1.52. The number of thiophene rings is 1. The molecule has 0 atom stereocenters. The molecule has 0 aliphatic rings. The van der Waals surface area contributed by atoms with Gasteiger partial charge in [-0.05, 0) is 34.1 Å². The van der Waals surface area contributed by atoms with Crippen LogP contribution in [0.1, 0.15) is 10.6 Å². The molecule has 0 radical (unpaired) electrons. The molecule has 90 valence electrons. The smallest absolute Gasteiger partial charge is 0.128 e. The molecule has 0 spiro atoms. The summed E-state index contributed by atoms with van der Waals surface area (Å²) in [5.41, 5.74) is 0.696. The fraction of sp³-hybridized carbons (Fsp3) is 0.250. The highest BCUT2D eigenvalue weighted by Crippen LogP contribution is 2.22. The van der Waals surface area contributed by atoms with Crippen molar-refractivity contribution in [3.05, 3.63) is 44.7 Å². The van der Waals surface area contributed by atoms with Crippen LogP contribution >= 0.6 is 27.3 Å². The standard InChI is InChI=1S/C12H13BrN2OS/c1-15(6-11-5-9(13)8-17-11)12-4-2-3-10(7-16)14-12/h2-5,8,16H,6-7H2,1H3. The van der Waals surface area contributed by atoms with Crippen LogP contribution in [0.3, 0.4) is 0 Å². The van der Waals surface area contributed by atoms with Gasteiger partial charge < -0.3 is 10.0 Å². The van der Waals surface area contributed by atoms with Gasteiger partial charge >= 0.3 is 0 Å². The van der Waals surface area contributed by atoms with Crippen LogP contribution in [0.2, 0.25) is 0 Å². The summed E-state index contributed by atoms with van der Waals surface area (Å²) >= 11 is 5.16. The zero-order valence-electron chi connectivity index (χ0n) is 9.43. The number of anilines is 1. The summed E-state index contributed by atoms with van der Waals surface area (Å²) in [7, 11) is 2.00. The Kier molecular flexibility index (Phi) is 4.15. The van der Waals surface area contributed by atoms with Gasteiger partial charge in [0, 0.05) is 21.8 Å². The van der Waals surface area contributed by atoms with Crippen molar-refractivity contribution >= 4 is 33.1 Å². The Balaban J connectivity index is 2.11. The van der Waals surface area contributed by atoms with E-state index in [0.29, 0.717) is 5.69 Å². The average Bonchev–Trinajstić information content (AvgIpc) is 2.75. The molecule has 2 heterocycles. The lowest BCUT2D eigenvalue weighted by Crippen LogP contribution is -2.17. The monoisotopic (exact) mass is 312 g/mol. The normalized spacial score (nSPS) is 10.5. The molecule has 0 bridgehead atoms. The van der Waals surface area contributed by atoms with Crippen LogP contribution in [0.4, 0.5) is 5.82 Å². The number of aromatic nitrogens is 1. The maximum atomic E-state index is 9.05. The third-order valence-electron chi connectivity index (χ3n) is 2.36. The Bertz CT molecular complexity index is 501. The summed E-state index contributed by atoms with van der Waals surface area (Å²) in [6.07, 6.45) is 0. The lowest BCUT2D eigenvalue weighted by Gasteiger charge is -2.17. The van der Waals surface area contributed by atoms with Gasteiger partial charge in [-0.2, -0.15) is 0 Å². The molecule has 0 aromatic carbocycles. The average molecular weight is 313 g/mol. The molecule has 0 saturated heterocycles. The zero-order valence-corrected chi connectivity index (χ0v) is 11.8. The van der Waals surface area contributed by atoms with E-state index in [0.717, 1.165) is 16.8 Å². The topological polar surface area (TPSA) is 36.4 Å². The molecule has 5 heteroatoms. The largest absolute Gasteiger partial charge is 0.390 e. The first-order chi connectivity index (χ1) is 8.19. The van der Waals surface area contributed by atoms with Crippen molar-refractivity contribution in [3.8, 4) is 0 Å². The molecule has 1 N–H and O–H groups in total. The molecule has 2 aromatic rings. The Morgan fingerprint density at radius 2 is 2.29 bits per heavy atom. The highest BCUT2D eigenvalue weighted by molar-refractivity contribution is 9.10. The summed E-state index contributed by atoms with van der Waals surface area (Å²) < 4.78 is 1.11.